The van der Waals surface area contributed by atoms with Crippen LogP contribution in [0.1, 0.15) is 42.2 Å². The van der Waals surface area contributed by atoms with Crippen LogP contribution < -0.4 is 10.2 Å². The van der Waals surface area contributed by atoms with Gasteiger partial charge >= 0.3 is 5.97 Å². The van der Waals surface area contributed by atoms with Crippen molar-refractivity contribution in [3.8, 4) is 0 Å². The number of hydrogen-bond donors (Lipinski definition) is 1. The molecule has 2 aromatic carbocycles. The van der Waals surface area contributed by atoms with Gasteiger partial charge in [-0.2, -0.15) is 0 Å². The molecular weight excluding hydrogens is 420 g/mol. The Kier molecular flexibility index (Phi) is 7.83. The third-order valence-corrected chi connectivity index (χ3v) is 4.47. The summed E-state index contributed by atoms with van der Waals surface area (Å²) < 4.78 is 5.13. The molecule has 1 N–H and O–H groups in total. The van der Waals surface area contributed by atoms with E-state index in [0.717, 1.165) is 6.07 Å². The lowest BCUT2D eigenvalue weighted by Gasteiger charge is -2.20. The Bertz CT molecular complexity index is 1040. The van der Waals surface area contributed by atoms with Crippen molar-refractivity contribution >= 4 is 28.9 Å². The molecule has 0 aliphatic heterocycles. The summed E-state index contributed by atoms with van der Waals surface area (Å²) in [6.45, 7) is 3.31. The number of carbonyl (C=O) groups is 2. The smallest absolute Gasteiger partial charge is 0.308 e. The highest BCUT2D eigenvalue weighted by molar-refractivity contribution is 5.96. The topological polar surface area (TPSA) is 145 Å². The SMILES string of the molecule is CC(C)OC(=O)CC(NC(=O)c1ccc(N(C)C)c([N+](=O)[O-])c1)c1ccccc1[N+](=O)[O-]. The maximum atomic E-state index is 12.9. The minimum absolute atomic E-state index is 0.0249. The van der Waals surface area contributed by atoms with Crippen LogP contribution in [-0.4, -0.2) is 41.9 Å². The number of nitro benzene ring substituents is 2. The lowest BCUT2D eigenvalue weighted by molar-refractivity contribution is -0.385. The quantitative estimate of drug-likeness (QED) is 0.352. The van der Waals surface area contributed by atoms with E-state index in [1.54, 1.807) is 34.0 Å². The summed E-state index contributed by atoms with van der Waals surface area (Å²) in [6, 6.07) is 8.58. The number of rotatable bonds is 9. The molecule has 2 rings (SSSR count). The number of ether oxygens (including phenoxy) is 1. The zero-order valence-corrected chi connectivity index (χ0v) is 18.1. The number of nitrogens with one attached hydrogen (secondary N) is 1. The average molecular weight is 444 g/mol. The van der Waals surface area contributed by atoms with Crippen LogP contribution in [0.5, 0.6) is 0 Å². The molecule has 0 aliphatic rings. The summed E-state index contributed by atoms with van der Waals surface area (Å²) in [4.78, 5) is 48.4. The van der Waals surface area contributed by atoms with Crippen molar-refractivity contribution in [3.63, 3.8) is 0 Å². The Balaban J connectivity index is 2.42. The molecule has 0 spiro atoms. The molecule has 11 heteroatoms. The standard InChI is InChI=1S/C21H24N4O7/c1-13(2)32-20(26)12-16(15-7-5-6-8-17(15)24(28)29)22-21(27)14-9-10-18(23(3)4)19(11-14)25(30)31/h5-11,13,16H,12H2,1-4H3,(H,22,27). The maximum absolute atomic E-state index is 12.9. The Labute approximate surface area is 184 Å². The third kappa shape index (κ3) is 6.00. The van der Waals surface area contributed by atoms with Gasteiger partial charge in [-0.3, -0.25) is 29.8 Å². The Morgan fingerprint density at radius 3 is 2.22 bits per heavy atom. The van der Waals surface area contributed by atoms with E-state index in [1.807, 2.05) is 0 Å². The molecule has 0 fully saturated rings. The van der Waals surface area contributed by atoms with Crippen LogP contribution >= 0.6 is 0 Å². The molecule has 32 heavy (non-hydrogen) atoms. The van der Waals surface area contributed by atoms with Crippen LogP contribution in [0.2, 0.25) is 0 Å². The van der Waals surface area contributed by atoms with Gasteiger partial charge in [0.05, 0.1) is 34.0 Å². The fourth-order valence-corrected chi connectivity index (χ4v) is 3.10. The first-order valence-corrected chi connectivity index (χ1v) is 9.70. The number of esters is 1. The van der Waals surface area contributed by atoms with Crippen molar-refractivity contribution in [1.82, 2.24) is 5.32 Å². The number of benzene rings is 2. The summed E-state index contributed by atoms with van der Waals surface area (Å²) in [5.74, 6) is -1.38. The van der Waals surface area contributed by atoms with Crippen molar-refractivity contribution in [2.45, 2.75) is 32.4 Å². The number of nitrogens with zero attached hydrogens (tertiary/aromatic N) is 3. The second kappa shape index (κ2) is 10.3. The Morgan fingerprint density at radius 1 is 1.03 bits per heavy atom. The van der Waals surface area contributed by atoms with E-state index in [4.69, 9.17) is 4.74 Å². The molecule has 11 nitrogen and oxygen atoms in total. The van der Waals surface area contributed by atoms with Gasteiger partial charge in [0.15, 0.2) is 0 Å². The summed E-state index contributed by atoms with van der Waals surface area (Å²) >= 11 is 0. The fraction of sp³-hybridized carbons (Fsp3) is 0.333. The van der Waals surface area contributed by atoms with Gasteiger partial charge in [0.2, 0.25) is 0 Å². The first-order valence-electron chi connectivity index (χ1n) is 9.70. The predicted molar refractivity (Wildman–Crippen MR) is 117 cm³/mol. The number of amides is 1. The minimum atomic E-state index is -1.08. The molecule has 0 radical (unpaired) electrons. The fourth-order valence-electron chi connectivity index (χ4n) is 3.10. The summed E-state index contributed by atoms with van der Waals surface area (Å²) in [5.41, 5.74) is -0.149. The lowest BCUT2D eigenvalue weighted by Crippen LogP contribution is -2.31. The van der Waals surface area contributed by atoms with Crippen LogP contribution in [0.3, 0.4) is 0 Å². The van der Waals surface area contributed by atoms with Crippen LogP contribution in [0.4, 0.5) is 17.1 Å². The van der Waals surface area contributed by atoms with Gasteiger partial charge in [0.25, 0.3) is 17.3 Å². The molecule has 0 heterocycles. The molecule has 170 valence electrons. The second-order valence-electron chi connectivity index (χ2n) is 7.44. The third-order valence-electron chi connectivity index (χ3n) is 4.47. The first-order chi connectivity index (χ1) is 15.0. The van der Waals surface area contributed by atoms with Crippen molar-refractivity contribution in [3.05, 3.63) is 73.8 Å². The highest BCUT2D eigenvalue weighted by atomic mass is 16.6. The zero-order valence-electron chi connectivity index (χ0n) is 18.1. The van der Waals surface area contributed by atoms with Gasteiger partial charge in [0, 0.05) is 31.8 Å². The van der Waals surface area contributed by atoms with E-state index < -0.39 is 33.9 Å². The Morgan fingerprint density at radius 2 is 1.66 bits per heavy atom. The number of nitro groups is 2. The van der Waals surface area contributed by atoms with E-state index in [2.05, 4.69) is 5.32 Å². The lowest BCUT2D eigenvalue weighted by atomic mass is 10.0. The molecule has 2 aromatic rings. The van der Waals surface area contributed by atoms with E-state index >= 15 is 0 Å². The monoisotopic (exact) mass is 444 g/mol. The van der Waals surface area contributed by atoms with Gasteiger partial charge in [-0.1, -0.05) is 18.2 Å². The maximum Gasteiger partial charge on any atom is 0.308 e. The van der Waals surface area contributed by atoms with E-state index in [1.165, 1.54) is 35.2 Å². The first kappa shape index (κ1) is 24.3. The molecule has 0 bridgehead atoms. The summed E-state index contributed by atoms with van der Waals surface area (Å²) in [7, 11) is 3.26. The Hall–Kier alpha value is -4.02. The van der Waals surface area contributed by atoms with E-state index in [-0.39, 0.29) is 28.9 Å². The van der Waals surface area contributed by atoms with E-state index in [9.17, 15) is 29.8 Å². The normalized spacial score (nSPS) is 11.5. The summed E-state index contributed by atoms with van der Waals surface area (Å²) in [5, 5.41) is 25.5. The highest BCUT2D eigenvalue weighted by Gasteiger charge is 2.28. The predicted octanol–water partition coefficient (Wildman–Crippen LogP) is 3.38. The number of hydrogen-bond acceptors (Lipinski definition) is 8. The van der Waals surface area contributed by atoms with Gasteiger partial charge in [-0.05, 0) is 26.0 Å². The van der Waals surface area contributed by atoms with Gasteiger partial charge in [0.1, 0.15) is 5.69 Å². The second-order valence-corrected chi connectivity index (χ2v) is 7.44. The van der Waals surface area contributed by atoms with Crippen LogP contribution in [0.15, 0.2) is 42.5 Å². The molecule has 1 amide bonds. The van der Waals surface area contributed by atoms with Gasteiger partial charge in [-0.15, -0.1) is 0 Å². The number of anilines is 1. The van der Waals surface area contributed by atoms with Crippen molar-refractivity contribution in [1.29, 1.82) is 0 Å². The van der Waals surface area contributed by atoms with Gasteiger partial charge in [-0.25, -0.2) is 0 Å². The van der Waals surface area contributed by atoms with Crippen LogP contribution in [0, 0.1) is 20.2 Å². The molecule has 1 unspecified atom stereocenters. The highest BCUT2D eigenvalue weighted by Crippen LogP contribution is 2.30. The molecule has 0 saturated carbocycles. The van der Waals surface area contributed by atoms with Gasteiger partial charge < -0.3 is 15.0 Å². The van der Waals surface area contributed by atoms with Crippen molar-refractivity contribution in [2.75, 3.05) is 19.0 Å². The average Bonchev–Trinajstić information content (AvgIpc) is 2.71. The number of carbonyl (C=O) groups excluding carboxylic acids is 2. The van der Waals surface area contributed by atoms with Crippen molar-refractivity contribution < 1.29 is 24.2 Å². The van der Waals surface area contributed by atoms with Crippen LogP contribution in [0.25, 0.3) is 0 Å². The number of para-hydroxylation sites is 1. The molecule has 1 atom stereocenters. The van der Waals surface area contributed by atoms with Crippen molar-refractivity contribution in [2.24, 2.45) is 0 Å². The summed E-state index contributed by atoms with van der Waals surface area (Å²) in [6.07, 6.45) is -0.766. The largest absolute Gasteiger partial charge is 0.463 e. The minimum Gasteiger partial charge on any atom is -0.463 e. The van der Waals surface area contributed by atoms with E-state index in [0.29, 0.717) is 5.69 Å². The molecule has 0 saturated heterocycles. The van der Waals surface area contributed by atoms with Crippen LogP contribution in [-0.2, 0) is 9.53 Å². The molecule has 0 aliphatic carbocycles. The zero-order chi connectivity index (χ0) is 24.0. The molecule has 0 aromatic heterocycles. The molecular formula is C21H24N4O7.